The van der Waals surface area contributed by atoms with E-state index in [2.05, 4.69) is 4.98 Å². The molecule has 1 aliphatic rings. The van der Waals surface area contributed by atoms with Crippen molar-refractivity contribution in [1.29, 1.82) is 0 Å². The minimum absolute atomic E-state index is 0.0396. The fraction of sp³-hybridized carbons (Fsp3) is 0.700. The zero-order valence-electron chi connectivity index (χ0n) is 9.94. The van der Waals surface area contributed by atoms with E-state index in [0.717, 1.165) is 0 Å². The van der Waals surface area contributed by atoms with E-state index in [9.17, 15) is 13.5 Å². The first-order valence-corrected chi connectivity index (χ1v) is 7.01. The quantitative estimate of drug-likeness (QED) is 0.799. The van der Waals surface area contributed by atoms with Crippen molar-refractivity contribution in [2.45, 2.75) is 24.5 Å². The van der Waals surface area contributed by atoms with Gasteiger partial charge in [-0.2, -0.15) is 4.31 Å². The second-order valence-electron chi connectivity index (χ2n) is 4.57. The van der Waals surface area contributed by atoms with Crippen molar-refractivity contribution in [3.05, 3.63) is 12.5 Å². The van der Waals surface area contributed by atoms with Gasteiger partial charge in [0, 0.05) is 26.3 Å². The maximum atomic E-state index is 12.2. The van der Waals surface area contributed by atoms with Crippen molar-refractivity contribution in [2.24, 2.45) is 13.0 Å². The monoisotopic (exact) mass is 259 g/mol. The van der Waals surface area contributed by atoms with Gasteiger partial charge >= 0.3 is 0 Å². The molecule has 96 valence electrons. The van der Waals surface area contributed by atoms with E-state index in [1.807, 2.05) is 6.92 Å². The number of nitrogens with zero attached hydrogens (tertiary/aromatic N) is 3. The molecule has 1 aliphatic heterocycles. The van der Waals surface area contributed by atoms with Crippen LogP contribution in [0.5, 0.6) is 0 Å². The van der Waals surface area contributed by atoms with Crippen LogP contribution in [0, 0.1) is 5.92 Å². The standard InChI is InChI=1S/C10H17N3O3S/c1-8-5-13(4-3-9(8)14)17(15,16)10-6-12(2)7-11-10/h6-9,14H,3-5H2,1-2H3. The highest BCUT2D eigenvalue weighted by molar-refractivity contribution is 7.89. The lowest BCUT2D eigenvalue weighted by molar-refractivity contribution is 0.0628. The molecule has 0 aromatic carbocycles. The zero-order chi connectivity index (χ0) is 12.6. The summed E-state index contributed by atoms with van der Waals surface area (Å²) in [6, 6.07) is 0. The summed E-state index contributed by atoms with van der Waals surface area (Å²) < 4.78 is 27.4. The van der Waals surface area contributed by atoms with Gasteiger partial charge in [0.05, 0.1) is 12.4 Å². The summed E-state index contributed by atoms with van der Waals surface area (Å²) in [5, 5.41) is 9.67. The second kappa shape index (κ2) is 4.40. The van der Waals surface area contributed by atoms with Gasteiger partial charge in [0.15, 0.2) is 5.03 Å². The third-order valence-electron chi connectivity index (χ3n) is 3.11. The molecule has 1 N–H and O–H groups in total. The molecule has 2 rings (SSSR count). The number of aromatic nitrogens is 2. The molecule has 2 heterocycles. The average molecular weight is 259 g/mol. The van der Waals surface area contributed by atoms with Crippen LogP contribution >= 0.6 is 0 Å². The number of aryl methyl sites for hydroxylation is 1. The molecule has 0 aliphatic carbocycles. The van der Waals surface area contributed by atoms with Crippen LogP contribution in [0.3, 0.4) is 0 Å². The van der Waals surface area contributed by atoms with Crippen LogP contribution in [0.4, 0.5) is 0 Å². The molecule has 1 aromatic heterocycles. The molecule has 1 fully saturated rings. The number of sulfonamides is 1. The Bertz CT molecular complexity index is 497. The van der Waals surface area contributed by atoms with Crippen LogP contribution in [-0.4, -0.2) is 46.6 Å². The van der Waals surface area contributed by atoms with Crippen LogP contribution in [0.2, 0.25) is 0 Å². The Labute approximate surface area is 101 Å². The Morgan fingerprint density at radius 1 is 1.53 bits per heavy atom. The van der Waals surface area contributed by atoms with Gasteiger partial charge in [-0.1, -0.05) is 6.92 Å². The first-order chi connectivity index (χ1) is 7.91. The van der Waals surface area contributed by atoms with Crippen molar-refractivity contribution >= 4 is 10.0 Å². The van der Waals surface area contributed by atoms with Gasteiger partial charge < -0.3 is 9.67 Å². The summed E-state index contributed by atoms with van der Waals surface area (Å²) in [7, 11) is -1.78. The number of imidazole rings is 1. The van der Waals surface area contributed by atoms with E-state index in [1.165, 1.54) is 16.8 Å². The predicted molar refractivity (Wildman–Crippen MR) is 61.8 cm³/mol. The molecule has 1 saturated heterocycles. The normalized spacial score (nSPS) is 27.2. The Kier molecular flexibility index (Phi) is 3.24. The summed E-state index contributed by atoms with van der Waals surface area (Å²) in [6.45, 7) is 2.55. The summed E-state index contributed by atoms with van der Waals surface area (Å²) in [5.41, 5.74) is 0. The van der Waals surface area contributed by atoms with Gasteiger partial charge in [0.2, 0.25) is 0 Å². The summed E-state index contributed by atoms with van der Waals surface area (Å²) in [4.78, 5) is 3.88. The van der Waals surface area contributed by atoms with Crippen molar-refractivity contribution < 1.29 is 13.5 Å². The van der Waals surface area contributed by atoms with Crippen LogP contribution in [0.1, 0.15) is 13.3 Å². The molecular weight excluding hydrogens is 242 g/mol. The van der Waals surface area contributed by atoms with E-state index in [0.29, 0.717) is 19.5 Å². The van der Waals surface area contributed by atoms with Gasteiger partial charge in [-0.25, -0.2) is 13.4 Å². The van der Waals surface area contributed by atoms with Gasteiger partial charge in [0.1, 0.15) is 0 Å². The summed E-state index contributed by atoms with van der Waals surface area (Å²) in [5.74, 6) is -0.0396. The third-order valence-corrected chi connectivity index (χ3v) is 4.86. The SMILES string of the molecule is CC1CN(S(=O)(=O)c2cn(C)cn2)CCC1O. The lowest BCUT2D eigenvalue weighted by atomic mass is 9.99. The van der Waals surface area contributed by atoms with Gasteiger partial charge in [0.25, 0.3) is 10.0 Å². The fourth-order valence-electron chi connectivity index (χ4n) is 1.97. The highest BCUT2D eigenvalue weighted by atomic mass is 32.2. The van der Waals surface area contributed by atoms with E-state index in [1.54, 1.807) is 11.6 Å². The minimum atomic E-state index is -3.51. The first-order valence-electron chi connectivity index (χ1n) is 5.57. The smallest absolute Gasteiger partial charge is 0.262 e. The number of hydrogen-bond donors (Lipinski definition) is 1. The second-order valence-corrected chi connectivity index (χ2v) is 6.46. The molecule has 0 saturated carbocycles. The van der Waals surface area contributed by atoms with Crippen molar-refractivity contribution in [3.8, 4) is 0 Å². The highest BCUT2D eigenvalue weighted by Gasteiger charge is 2.33. The van der Waals surface area contributed by atoms with Crippen LogP contribution in [-0.2, 0) is 17.1 Å². The summed E-state index contributed by atoms with van der Waals surface area (Å²) in [6.07, 6.45) is 3.03. The lowest BCUT2D eigenvalue weighted by Crippen LogP contribution is -2.44. The first kappa shape index (κ1) is 12.5. The van der Waals surface area contributed by atoms with Crippen LogP contribution < -0.4 is 0 Å². The summed E-state index contributed by atoms with van der Waals surface area (Å²) >= 11 is 0. The molecule has 2 unspecified atom stereocenters. The van der Waals surface area contributed by atoms with E-state index < -0.39 is 16.1 Å². The molecule has 6 nitrogen and oxygen atoms in total. The van der Waals surface area contributed by atoms with Crippen molar-refractivity contribution in [2.75, 3.05) is 13.1 Å². The Morgan fingerprint density at radius 2 is 2.24 bits per heavy atom. The van der Waals surface area contributed by atoms with Crippen molar-refractivity contribution in [3.63, 3.8) is 0 Å². The molecule has 0 radical (unpaired) electrons. The minimum Gasteiger partial charge on any atom is -0.393 e. The van der Waals surface area contributed by atoms with Gasteiger partial charge in [-0.15, -0.1) is 0 Å². The third kappa shape index (κ3) is 2.36. The van der Waals surface area contributed by atoms with E-state index in [4.69, 9.17) is 0 Å². The Balaban J connectivity index is 2.22. The number of piperidine rings is 1. The fourth-order valence-corrected chi connectivity index (χ4v) is 3.49. The Morgan fingerprint density at radius 3 is 2.76 bits per heavy atom. The zero-order valence-corrected chi connectivity index (χ0v) is 10.8. The van der Waals surface area contributed by atoms with E-state index >= 15 is 0 Å². The topological polar surface area (TPSA) is 75.4 Å². The molecule has 0 amide bonds. The number of hydrogen-bond acceptors (Lipinski definition) is 4. The average Bonchev–Trinajstić information content (AvgIpc) is 2.69. The van der Waals surface area contributed by atoms with E-state index in [-0.39, 0.29) is 10.9 Å². The maximum absolute atomic E-state index is 12.2. The van der Waals surface area contributed by atoms with Gasteiger partial charge in [-0.05, 0) is 12.3 Å². The van der Waals surface area contributed by atoms with Crippen LogP contribution in [0.15, 0.2) is 17.6 Å². The Hall–Kier alpha value is -0.920. The number of rotatable bonds is 2. The molecule has 2 atom stereocenters. The number of aliphatic hydroxyl groups excluding tert-OH is 1. The highest BCUT2D eigenvalue weighted by Crippen LogP contribution is 2.22. The molecule has 1 aromatic rings. The molecular formula is C10H17N3O3S. The molecule has 7 heteroatoms. The molecule has 0 spiro atoms. The molecule has 17 heavy (non-hydrogen) atoms. The molecule has 0 bridgehead atoms. The lowest BCUT2D eigenvalue weighted by Gasteiger charge is -2.32. The maximum Gasteiger partial charge on any atom is 0.262 e. The van der Waals surface area contributed by atoms with Crippen molar-refractivity contribution in [1.82, 2.24) is 13.9 Å². The van der Waals surface area contributed by atoms with Gasteiger partial charge in [-0.3, -0.25) is 0 Å². The number of aliphatic hydroxyl groups is 1. The predicted octanol–water partition coefficient (Wildman–Crippen LogP) is -0.189. The van der Waals surface area contributed by atoms with Crippen LogP contribution in [0.25, 0.3) is 0 Å². The largest absolute Gasteiger partial charge is 0.393 e.